The first-order chi connectivity index (χ1) is 15.6. The molecule has 0 saturated carbocycles. The molecule has 1 aliphatic heterocycles. The number of rotatable bonds is 5. The number of aromatic nitrogens is 4. The first kappa shape index (κ1) is 20.0. The summed E-state index contributed by atoms with van der Waals surface area (Å²) < 4.78 is 31.0. The topological polar surface area (TPSA) is 94.0 Å². The van der Waals surface area contributed by atoms with E-state index in [-0.39, 0.29) is 17.3 Å². The minimum atomic E-state index is -2.92. The van der Waals surface area contributed by atoms with E-state index < -0.39 is 12.5 Å². The lowest BCUT2D eigenvalue weighted by Crippen LogP contribution is -2.28. The van der Waals surface area contributed by atoms with Gasteiger partial charge in [-0.25, -0.2) is 15.0 Å². The number of anilines is 1. The Labute approximate surface area is 181 Å². The van der Waals surface area contributed by atoms with Gasteiger partial charge in [-0.05, 0) is 30.3 Å². The molecule has 10 heteroatoms. The van der Waals surface area contributed by atoms with Crippen LogP contribution in [-0.2, 0) is 13.1 Å². The Morgan fingerprint density at radius 2 is 1.97 bits per heavy atom. The largest absolute Gasteiger partial charge is 0.435 e. The van der Waals surface area contributed by atoms with Crippen LogP contribution in [0.25, 0.3) is 22.2 Å². The number of amides is 1. The zero-order chi connectivity index (χ0) is 22.1. The summed E-state index contributed by atoms with van der Waals surface area (Å²) in [6, 6.07) is 11.3. The van der Waals surface area contributed by atoms with Gasteiger partial charge < -0.3 is 14.6 Å². The molecule has 2 aromatic heterocycles. The highest BCUT2D eigenvalue weighted by Gasteiger charge is 2.16. The number of imidazole rings is 1. The number of hydrogen-bond donors (Lipinski definition) is 2. The van der Waals surface area contributed by atoms with Crippen LogP contribution >= 0.6 is 0 Å². The van der Waals surface area contributed by atoms with Crippen LogP contribution in [0.5, 0.6) is 5.75 Å². The number of hydrogen-bond acceptors (Lipinski definition) is 6. The van der Waals surface area contributed by atoms with Crippen molar-refractivity contribution in [2.45, 2.75) is 19.7 Å². The molecule has 1 amide bonds. The second kappa shape index (κ2) is 8.31. The van der Waals surface area contributed by atoms with Crippen LogP contribution in [0.1, 0.15) is 16.2 Å². The van der Waals surface area contributed by atoms with Gasteiger partial charge in [0, 0.05) is 35.8 Å². The number of benzene rings is 2. The Hall–Kier alpha value is -3.92. The summed E-state index contributed by atoms with van der Waals surface area (Å²) in [5.74, 6) is 0.657. The summed E-state index contributed by atoms with van der Waals surface area (Å²) >= 11 is 0. The molecule has 0 spiro atoms. The van der Waals surface area contributed by atoms with Crippen molar-refractivity contribution in [3.05, 3.63) is 66.2 Å². The zero-order valence-electron chi connectivity index (χ0n) is 16.8. The molecule has 2 N–H and O–H groups in total. The Morgan fingerprint density at radius 1 is 1.12 bits per heavy atom. The maximum absolute atomic E-state index is 12.5. The van der Waals surface area contributed by atoms with Crippen LogP contribution in [0.3, 0.4) is 0 Å². The van der Waals surface area contributed by atoms with Gasteiger partial charge in [-0.15, -0.1) is 0 Å². The molecular weight excluding hydrogens is 418 g/mol. The van der Waals surface area contributed by atoms with Crippen molar-refractivity contribution in [1.82, 2.24) is 24.8 Å². The molecule has 0 atom stereocenters. The third kappa shape index (κ3) is 4.00. The van der Waals surface area contributed by atoms with Gasteiger partial charge in [0.25, 0.3) is 5.91 Å². The van der Waals surface area contributed by atoms with E-state index in [0.717, 1.165) is 42.1 Å². The van der Waals surface area contributed by atoms with Crippen LogP contribution in [0, 0.1) is 0 Å². The normalized spacial score (nSPS) is 13.2. The van der Waals surface area contributed by atoms with Gasteiger partial charge in [0.05, 0.1) is 24.0 Å². The highest BCUT2D eigenvalue weighted by Crippen LogP contribution is 2.26. The van der Waals surface area contributed by atoms with Crippen molar-refractivity contribution in [3.8, 4) is 17.0 Å². The third-order valence-corrected chi connectivity index (χ3v) is 5.18. The molecule has 5 rings (SSSR count). The maximum Gasteiger partial charge on any atom is 0.387 e. The van der Waals surface area contributed by atoms with E-state index in [0.29, 0.717) is 5.52 Å². The molecule has 3 heterocycles. The van der Waals surface area contributed by atoms with E-state index in [2.05, 4.69) is 34.9 Å². The van der Waals surface area contributed by atoms with E-state index in [1.54, 1.807) is 6.20 Å². The third-order valence-electron chi connectivity index (χ3n) is 5.18. The van der Waals surface area contributed by atoms with E-state index in [1.807, 2.05) is 24.4 Å². The van der Waals surface area contributed by atoms with Crippen molar-refractivity contribution in [3.63, 3.8) is 0 Å². The fourth-order valence-corrected chi connectivity index (χ4v) is 3.63. The highest BCUT2D eigenvalue weighted by atomic mass is 19.3. The lowest BCUT2D eigenvalue weighted by Gasteiger charge is -2.17. The molecule has 0 saturated heterocycles. The molecular formula is C22H18F2N6O2. The summed E-state index contributed by atoms with van der Waals surface area (Å²) in [4.78, 5) is 25.7. The second-order valence-corrected chi connectivity index (χ2v) is 7.21. The van der Waals surface area contributed by atoms with Gasteiger partial charge in [-0.2, -0.15) is 8.78 Å². The molecule has 0 aliphatic carbocycles. The van der Waals surface area contributed by atoms with Gasteiger partial charge >= 0.3 is 6.61 Å². The van der Waals surface area contributed by atoms with E-state index >= 15 is 0 Å². The first-order valence-electron chi connectivity index (χ1n) is 9.95. The number of nitrogens with one attached hydrogen (secondary N) is 2. The number of halogens is 2. The lowest BCUT2D eigenvalue weighted by atomic mass is 10.1. The summed E-state index contributed by atoms with van der Waals surface area (Å²) in [7, 11) is 0. The van der Waals surface area contributed by atoms with Gasteiger partial charge in [-0.3, -0.25) is 10.1 Å². The summed E-state index contributed by atoms with van der Waals surface area (Å²) in [5, 5.41) is 6.77. The van der Waals surface area contributed by atoms with Crippen molar-refractivity contribution in [2.24, 2.45) is 0 Å². The summed E-state index contributed by atoms with van der Waals surface area (Å²) in [6.45, 7) is -0.455. The Bertz CT molecular complexity index is 1290. The zero-order valence-corrected chi connectivity index (χ0v) is 16.8. The minimum Gasteiger partial charge on any atom is -0.435 e. The Balaban J connectivity index is 1.38. The molecule has 0 bridgehead atoms. The monoisotopic (exact) mass is 436 g/mol. The Kier molecular flexibility index (Phi) is 5.20. The van der Waals surface area contributed by atoms with Gasteiger partial charge in [0.1, 0.15) is 11.6 Å². The molecule has 2 aromatic carbocycles. The average Bonchev–Trinajstić information content (AvgIpc) is 3.23. The molecule has 1 aliphatic rings. The summed E-state index contributed by atoms with van der Waals surface area (Å²) in [5.41, 5.74) is 2.93. The fraction of sp³-hybridized carbons (Fsp3) is 0.182. The SMILES string of the molecule is O=C(Nc1ncc2ccc(-c3cnc4n3CCNC4)cc2n1)c1ccc(OC(F)F)cc1. The number of alkyl halides is 2. The van der Waals surface area contributed by atoms with Crippen LogP contribution in [0.4, 0.5) is 14.7 Å². The van der Waals surface area contributed by atoms with Crippen LogP contribution in [0.15, 0.2) is 54.9 Å². The lowest BCUT2D eigenvalue weighted by molar-refractivity contribution is -0.0498. The highest BCUT2D eigenvalue weighted by molar-refractivity contribution is 6.03. The standard InChI is InChI=1S/C22H18F2N6O2/c23-21(24)32-16-5-3-13(4-6-16)20(31)29-22-27-10-15-2-1-14(9-17(15)28-22)18-11-26-19-12-25-7-8-30(18)19/h1-6,9-11,21,25H,7-8,12H2,(H,27,28,29,31). The maximum atomic E-state index is 12.5. The molecule has 162 valence electrons. The molecule has 4 aromatic rings. The first-order valence-corrected chi connectivity index (χ1v) is 9.95. The van der Waals surface area contributed by atoms with Crippen molar-refractivity contribution in [2.75, 3.05) is 11.9 Å². The van der Waals surface area contributed by atoms with E-state index in [1.165, 1.54) is 24.3 Å². The minimum absolute atomic E-state index is 0.0242. The van der Waals surface area contributed by atoms with Crippen LogP contribution < -0.4 is 15.4 Å². The van der Waals surface area contributed by atoms with Crippen molar-refractivity contribution >= 4 is 22.8 Å². The van der Waals surface area contributed by atoms with E-state index in [9.17, 15) is 13.6 Å². The van der Waals surface area contributed by atoms with Crippen LogP contribution in [-0.4, -0.2) is 38.6 Å². The Morgan fingerprint density at radius 3 is 2.78 bits per heavy atom. The fourth-order valence-electron chi connectivity index (χ4n) is 3.63. The quantitative estimate of drug-likeness (QED) is 0.498. The molecule has 0 unspecified atom stereocenters. The van der Waals surface area contributed by atoms with Gasteiger partial charge in [0.15, 0.2) is 0 Å². The summed E-state index contributed by atoms with van der Waals surface area (Å²) in [6.07, 6.45) is 3.49. The number of carbonyl (C=O) groups excluding carboxylic acids is 1. The molecule has 8 nitrogen and oxygen atoms in total. The predicted molar refractivity (Wildman–Crippen MR) is 113 cm³/mol. The average molecular weight is 436 g/mol. The molecule has 0 fully saturated rings. The number of carbonyl (C=O) groups is 1. The smallest absolute Gasteiger partial charge is 0.387 e. The number of fused-ring (bicyclic) bond motifs is 2. The number of nitrogens with zero attached hydrogens (tertiary/aromatic N) is 4. The predicted octanol–water partition coefficient (Wildman–Crippen LogP) is 3.45. The molecule has 32 heavy (non-hydrogen) atoms. The van der Waals surface area contributed by atoms with E-state index in [4.69, 9.17) is 0 Å². The van der Waals surface area contributed by atoms with Crippen molar-refractivity contribution < 1.29 is 18.3 Å². The second-order valence-electron chi connectivity index (χ2n) is 7.21. The molecule has 0 radical (unpaired) electrons. The number of ether oxygens (including phenoxy) is 1. The van der Waals surface area contributed by atoms with Crippen LogP contribution in [0.2, 0.25) is 0 Å². The van der Waals surface area contributed by atoms with Gasteiger partial charge in [0.2, 0.25) is 5.95 Å². The van der Waals surface area contributed by atoms with Gasteiger partial charge in [-0.1, -0.05) is 12.1 Å². The van der Waals surface area contributed by atoms with Crippen molar-refractivity contribution in [1.29, 1.82) is 0 Å².